The number of unbranched alkanes of at least 4 members (excludes halogenated alkanes) is 2. The van der Waals surface area contributed by atoms with E-state index in [1.54, 1.807) is 31.4 Å². The molecule has 0 fully saturated rings. The maximum absolute atomic E-state index is 13.4. The fourth-order valence-electron chi connectivity index (χ4n) is 3.44. The van der Waals surface area contributed by atoms with E-state index in [1.165, 1.54) is 11.9 Å². The third kappa shape index (κ3) is 8.14. The zero-order valence-corrected chi connectivity index (χ0v) is 21.2. The van der Waals surface area contributed by atoms with Gasteiger partial charge in [0.25, 0.3) is 0 Å². The van der Waals surface area contributed by atoms with Gasteiger partial charge in [0.15, 0.2) is 0 Å². The normalized spacial score (nSPS) is 12.3. The first-order valence-corrected chi connectivity index (χ1v) is 13.2. The minimum atomic E-state index is -3.58. The van der Waals surface area contributed by atoms with Crippen LogP contribution in [-0.2, 0) is 26.2 Å². The summed E-state index contributed by atoms with van der Waals surface area (Å²) in [5.74, 6) is -0.0980. The van der Waals surface area contributed by atoms with Crippen molar-refractivity contribution in [2.24, 2.45) is 0 Å². The number of likely N-dealkylation sites (N-methyl/N-ethyl adjacent to an activating group) is 1. The zero-order valence-electron chi connectivity index (χ0n) is 20.4. The topological polar surface area (TPSA) is 96.0 Å². The molecule has 1 N–H and O–H groups in total. The molecule has 0 aliphatic rings. The van der Waals surface area contributed by atoms with Crippen LogP contribution in [0.5, 0.6) is 5.75 Å². The van der Waals surface area contributed by atoms with Crippen LogP contribution in [0, 0.1) is 0 Å². The fourth-order valence-corrected chi connectivity index (χ4v) is 3.79. The lowest BCUT2D eigenvalue weighted by Gasteiger charge is -2.32. The van der Waals surface area contributed by atoms with E-state index in [4.69, 9.17) is 4.74 Å². The molecule has 2 aromatic rings. The van der Waals surface area contributed by atoms with Gasteiger partial charge in [-0.25, -0.2) is 8.42 Å². The van der Waals surface area contributed by atoms with Crippen LogP contribution in [0.15, 0.2) is 54.6 Å². The summed E-state index contributed by atoms with van der Waals surface area (Å²) in [5, 5.41) is 2.95. The second-order valence-corrected chi connectivity index (χ2v) is 10.3. The zero-order chi connectivity index (χ0) is 25.1. The lowest BCUT2D eigenvalue weighted by molar-refractivity contribution is -0.141. The number of carbonyl (C=O) groups is 2. The van der Waals surface area contributed by atoms with Crippen molar-refractivity contribution in [2.45, 2.75) is 38.8 Å². The van der Waals surface area contributed by atoms with Gasteiger partial charge in [-0.05, 0) is 29.7 Å². The van der Waals surface area contributed by atoms with E-state index < -0.39 is 22.0 Å². The summed E-state index contributed by atoms with van der Waals surface area (Å²) in [5.41, 5.74) is 1.44. The lowest BCUT2D eigenvalue weighted by Crippen LogP contribution is -2.47. The van der Waals surface area contributed by atoms with Crippen LogP contribution in [-0.4, -0.2) is 62.9 Å². The molecular formula is C25H35N3O5S. The van der Waals surface area contributed by atoms with Crippen molar-refractivity contribution in [3.8, 4) is 5.75 Å². The molecule has 34 heavy (non-hydrogen) atoms. The van der Waals surface area contributed by atoms with E-state index >= 15 is 0 Å². The van der Waals surface area contributed by atoms with Gasteiger partial charge in [-0.15, -0.1) is 0 Å². The molecule has 9 heteroatoms. The SMILES string of the molecule is CCCCCNC(=O)[C@H](c1ccccc1)N(Cc1ccc(OC)cc1)C(=O)CN(C)S(C)(=O)=O. The number of methoxy groups -OCH3 is 1. The van der Waals surface area contributed by atoms with Crippen molar-refractivity contribution in [3.05, 3.63) is 65.7 Å². The van der Waals surface area contributed by atoms with Gasteiger partial charge < -0.3 is 15.0 Å². The predicted molar refractivity (Wildman–Crippen MR) is 133 cm³/mol. The van der Waals surface area contributed by atoms with Crippen LogP contribution in [0.3, 0.4) is 0 Å². The second kappa shape index (κ2) is 13.1. The Morgan fingerprint density at radius 3 is 2.24 bits per heavy atom. The maximum Gasteiger partial charge on any atom is 0.247 e. The van der Waals surface area contributed by atoms with Crippen LogP contribution in [0.1, 0.15) is 43.4 Å². The Kier molecular flexibility index (Phi) is 10.5. The van der Waals surface area contributed by atoms with Gasteiger partial charge in [-0.1, -0.05) is 62.2 Å². The monoisotopic (exact) mass is 489 g/mol. The Morgan fingerprint density at radius 1 is 1.03 bits per heavy atom. The number of amides is 2. The van der Waals surface area contributed by atoms with E-state index in [0.717, 1.165) is 35.4 Å². The highest BCUT2D eigenvalue weighted by Gasteiger charge is 2.32. The van der Waals surface area contributed by atoms with E-state index in [-0.39, 0.29) is 19.0 Å². The Balaban J connectivity index is 2.43. The molecular weight excluding hydrogens is 454 g/mol. The molecule has 0 radical (unpaired) electrons. The smallest absolute Gasteiger partial charge is 0.247 e. The summed E-state index contributed by atoms with van der Waals surface area (Å²) in [6, 6.07) is 15.3. The van der Waals surface area contributed by atoms with Gasteiger partial charge in [0, 0.05) is 20.1 Å². The van der Waals surface area contributed by atoms with Crippen LogP contribution in [0.4, 0.5) is 0 Å². The summed E-state index contributed by atoms with van der Waals surface area (Å²) >= 11 is 0. The number of carbonyl (C=O) groups excluding carboxylic acids is 2. The van der Waals surface area contributed by atoms with Crippen molar-refractivity contribution in [2.75, 3.05) is 33.5 Å². The lowest BCUT2D eigenvalue weighted by atomic mass is 10.0. The Hall–Kier alpha value is -2.91. The quantitative estimate of drug-likeness (QED) is 0.437. The van der Waals surface area contributed by atoms with Gasteiger partial charge in [-0.3, -0.25) is 9.59 Å². The highest BCUT2D eigenvalue weighted by molar-refractivity contribution is 7.88. The Bertz CT molecular complexity index is 1030. The predicted octanol–water partition coefficient (Wildman–Crippen LogP) is 2.96. The summed E-state index contributed by atoms with van der Waals surface area (Å²) < 4.78 is 30.1. The molecule has 0 aromatic heterocycles. The molecule has 0 aliphatic heterocycles. The van der Waals surface area contributed by atoms with Gasteiger partial charge >= 0.3 is 0 Å². The first-order valence-electron chi connectivity index (χ1n) is 11.3. The van der Waals surface area contributed by atoms with Crippen molar-refractivity contribution >= 4 is 21.8 Å². The molecule has 8 nitrogen and oxygen atoms in total. The number of nitrogens with zero attached hydrogens (tertiary/aromatic N) is 2. The van der Waals surface area contributed by atoms with Gasteiger partial charge in [0.2, 0.25) is 21.8 Å². The number of ether oxygens (including phenoxy) is 1. The summed E-state index contributed by atoms with van der Waals surface area (Å²) in [7, 11) is -0.658. The summed E-state index contributed by atoms with van der Waals surface area (Å²) in [6.45, 7) is 2.34. The summed E-state index contributed by atoms with van der Waals surface area (Å²) in [6.07, 6.45) is 3.90. The molecule has 2 amide bonds. The van der Waals surface area contributed by atoms with Crippen molar-refractivity contribution in [1.29, 1.82) is 0 Å². The average Bonchev–Trinajstić information content (AvgIpc) is 2.82. The molecule has 186 valence electrons. The molecule has 0 saturated carbocycles. The highest BCUT2D eigenvalue weighted by atomic mass is 32.2. The van der Waals surface area contributed by atoms with E-state index in [0.29, 0.717) is 17.9 Å². The van der Waals surface area contributed by atoms with Gasteiger partial charge in [-0.2, -0.15) is 4.31 Å². The number of benzene rings is 2. The number of rotatable bonds is 13. The standard InChI is InChI=1S/C25H35N3O5S/c1-5-6-10-17-26-25(30)24(21-11-8-7-9-12-21)28(23(29)19-27(2)34(4,31)32)18-20-13-15-22(33-3)16-14-20/h7-9,11-16,24H,5-6,10,17-19H2,1-4H3,(H,26,30)/t24-/m0/s1. The Morgan fingerprint density at radius 2 is 1.68 bits per heavy atom. The molecule has 0 saturated heterocycles. The molecule has 2 aromatic carbocycles. The molecule has 0 heterocycles. The van der Waals surface area contributed by atoms with Gasteiger partial charge in [0.05, 0.1) is 19.9 Å². The Labute approximate surface area is 202 Å². The minimum absolute atomic E-state index is 0.127. The molecule has 0 bridgehead atoms. The molecule has 0 unspecified atom stereocenters. The molecule has 1 atom stereocenters. The second-order valence-electron chi connectivity index (χ2n) is 8.20. The van der Waals surface area contributed by atoms with Crippen LogP contribution < -0.4 is 10.1 Å². The largest absolute Gasteiger partial charge is 0.497 e. The van der Waals surface area contributed by atoms with Crippen molar-refractivity contribution in [1.82, 2.24) is 14.5 Å². The number of sulfonamides is 1. The molecule has 0 spiro atoms. The summed E-state index contributed by atoms with van der Waals surface area (Å²) in [4.78, 5) is 28.2. The van der Waals surface area contributed by atoms with E-state index in [2.05, 4.69) is 12.2 Å². The maximum atomic E-state index is 13.4. The third-order valence-electron chi connectivity index (χ3n) is 5.51. The van der Waals surface area contributed by atoms with Crippen LogP contribution in [0.2, 0.25) is 0 Å². The van der Waals surface area contributed by atoms with Crippen LogP contribution in [0.25, 0.3) is 0 Å². The third-order valence-corrected chi connectivity index (χ3v) is 6.77. The van der Waals surface area contributed by atoms with Crippen molar-refractivity contribution < 1.29 is 22.7 Å². The fraction of sp³-hybridized carbons (Fsp3) is 0.440. The molecule has 0 aliphatic carbocycles. The number of hydrogen-bond donors (Lipinski definition) is 1. The molecule has 2 rings (SSSR count). The van der Waals surface area contributed by atoms with Gasteiger partial charge in [0.1, 0.15) is 11.8 Å². The highest BCUT2D eigenvalue weighted by Crippen LogP contribution is 2.25. The number of nitrogens with one attached hydrogen (secondary N) is 1. The van der Waals surface area contributed by atoms with E-state index in [1.807, 2.05) is 30.3 Å². The van der Waals surface area contributed by atoms with E-state index in [9.17, 15) is 18.0 Å². The average molecular weight is 490 g/mol. The first kappa shape index (κ1) is 27.3. The van der Waals surface area contributed by atoms with Crippen LogP contribution >= 0.6 is 0 Å². The first-order chi connectivity index (χ1) is 16.2. The number of hydrogen-bond acceptors (Lipinski definition) is 5. The minimum Gasteiger partial charge on any atom is -0.497 e. The van der Waals surface area contributed by atoms with Crippen molar-refractivity contribution in [3.63, 3.8) is 0 Å².